The van der Waals surface area contributed by atoms with Gasteiger partial charge in [0, 0.05) is 55.6 Å². The van der Waals surface area contributed by atoms with Crippen LogP contribution in [0.25, 0.3) is 0 Å². The fraction of sp³-hybridized carbons (Fsp3) is 0.640. The fourth-order valence-electron chi connectivity index (χ4n) is 4.02. The van der Waals surface area contributed by atoms with Gasteiger partial charge in [-0.05, 0) is 68.3 Å². The Hall–Kier alpha value is -1.28. The zero-order valence-electron chi connectivity index (χ0n) is 19.2. The number of likely N-dealkylation sites (tertiary alicyclic amines) is 1. The first-order valence-corrected chi connectivity index (χ1v) is 12.9. The van der Waals surface area contributed by atoms with E-state index in [1.54, 1.807) is 0 Å². The lowest BCUT2D eigenvalue weighted by atomic mass is 9.92. The average molecular weight is 542 g/mol. The van der Waals surface area contributed by atoms with Gasteiger partial charge in [-0.3, -0.25) is 8.32 Å². The molecule has 0 aromatic heterocycles. The van der Waals surface area contributed by atoms with Crippen LogP contribution >= 0.6 is 22.9 Å². The van der Waals surface area contributed by atoms with E-state index >= 15 is 0 Å². The van der Waals surface area contributed by atoms with Gasteiger partial charge < -0.3 is 14.5 Å². The second-order valence-electron chi connectivity index (χ2n) is 8.44. The molecule has 0 radical (unpaired) electrons. The number of carbonyl (C=O) groups excluding carboxylic acids is 1. The third kappa shape index (κ3) is 10.3. The van der Waals surface area contributed by atoms with Crippen molar-refractivity contribution in [1.29, 1.82) is 0 Å². The summed E-state index contributed by atoms with van der Waals surface area (Å²) in [6.07, 6.45) is 10.4. The lowest BCUT2D eigenvalue weighted by molar-refractivity contribution is -0.130. The van der Waals surface area contributed by atoms with Gasteiger partial charge in [-0.25, -0.2) is 0 Å². The van der Waals surface area contributed by atoms with E-state index < -0.39 is 0 Å². The van der Waals surface area contributed by atoms with Crippen LogP contribution in [0.4, 0.5) is 0 Å². The summed E-state index contributed by atoms with van der Waals surface area (Å²) in [4.78, 5) is 17.1. The minimum absolute atomic E-state index is 0.220. The summed E-state index contributed by atoms with van der Waals surface area (Å²) in [7, 11) is 0. The van der Waals surface area contributed by atoms with Crippen LogP contribution in [0.2, 0.25) is 0 Å². The molecule has 1 heterocycles. The van der Waals surface area contributed by atoms with Crippen molar-refractivity contribution < 1.29 is 9.53 Å². The Bertz CT molecular complexity index is 630. The maximum atomic E-state index is 12.8. The zero-order valence-corrected chi connectivity index (χ0v) is 21.3. The highest BCUT2D eigenvalue weighted by Crippen LogP contribution is 2.22. The Balaban J connectivity index is 1.70. The van der Waals surface area contributed by atoms with Crippen LogP contribution in [0.15, 0.2) is 37.0 Å². The number of piperidine rings is 1. The first-order chi connectivity index (χ1) is 15.2. The van der Waals surface area contributed by atoms with Crippen LogP contribution in [0, 0.1) is 5.92 Å². The van der Waals surface area contributed by atoms with Crippen molar-refractivity contribution in [3.63, 3.8) is 0 Å². The molecule has 1 aromatic carbocycles. The van der Waals surface area contributed by atoms with Crippen molar-refractivity contribution in [2.45, 2.75) is 58.3 Å². The van der Waals surface area contributed by atoms with E-state index in [4.69, 9.17) is 4.74 Å². The highest BCUT2D eigenvalue weighted by Gasteiger charge is 2.16. The summed E-state index contributed by atoms with van der Waals surface area (Å²) in [5, 5.41) is 0. The van der Waals surface area contributed by atoms with E-state index in [1.807, 2.05) is 35.4 Å². The van der Waals surface area contributed by atoms with Crippen LogP contribution in [-0.2, 0) is 11.2 Å². The SMILES string of the molecule is C=CN1CCC(CCCOc2ccc(CC(=O)N(CCCC)CCCNI)cc2)CC1. The molecule has 1 N–H and O–H groups in total. The van der Waals surface area contributed by atoms with Gasteiger partial charge in [-0.1, -0.05) is 32.1 Å². The van der Waals surface area contributed by atoms with Gasteiger partial charge in [0.15, 0.2) is 0 Å². The molecular formula is C25H40IN3O2. The second kappa shape index (κ2) is 15.5. The molecule has 0 atom stereocenters. The van der Waals surface area contributed by atoms with Crippen molar-refractivity contribution in [2.75, 3.05) is 39.3 Å². The van der Waals surface area contributed by atoms with E-state index in [0.29, 0.717) is 6.42 Å². The van der Waals surface area contributed by atoms with Gasteiger partial charge in [-0.2, -0.15) is 0 Å². The maximum Gasteiger partial charge on any atom is 0.226 e. The highest BCUT2D eigenvalue weighted by atomic mass is 127. The summed E-state index contributed by atoms with van der Waals surface area (Å²) >= 11 is 2.16. The number of nitrogens with zero attached hydrogens (tertiary/aromatic N) is 2. The number of carbonyl (C=O) groups is 1. The summed E-state index contributed by atoms with van der Waals surface area (Å²) in [6, 6.07) is 8.06. The summed E-state index contributed by atoms with van der Waals surface area (Å²) in [6.45, 7) is 11.7. The van der Waals surface area contributed by atoms with Gasteiger partial charge >= 0.3 is 0 Å². The molecule has 1 fully saturated rings. The van der Waals surface area contributed by atoms with Crippen LogP contribution < -0.4 is 8.27 Å². The van der Waals surface area contributed by atoms with E-state index in [2.05, 4.69) is 44.8 Å². The molecule has 0 aliphatic carbocycles. The number of nitrogens with one attached hydrogen (secondary N) is 1. The largest absolute Gasteiger partial charge is 0.494 e. The lowest BCUT2D eigenvalue weighted by Crippen LogP contribution is -2.35. The standard InChI is InChI=1S/C25H40IN3O2/c1-3-5-16-29(17-7-15-27-26)25(30)21-23-9-11-24(12-10-23)31-20-6-8-22-13-18-28(4-2)19-14-22/h4,9-12,22,27H,2-3,5-8,13-21H2,1H3. The Morgan fingerprint density at radius 2 is 1.94 bits per heavy atom. The molecule has 0 saturated carbocycles. The number of hydrogen-bond acceptors (Lipinski definition) is 4. The minimum atomic E-state index is 0.220. The number of ether oxygens (including phenoxy) is 1. The summed E-state index contributed by atoms with van der Waals surface area (Å²) in [5.41, 5.74) is 1.06. The van der Waals surface area contributed by atoms with Gasteiger partial charge in [0.25, 0.3) is 0 Å². The summed E-state index contributed by atoms with van der Waals surface area (Å²) in [5.74, 6) is 1.93. The Morgan fingerprint density at radius 1 is 1.23 bits per heavy atom. The number of hydrogen-bond donors (Lipinski definition) is 1. The van der Waals surface area contributed by atoms with Crippen molar-refractivity contribution in [2.24, 2.45) is 5.92 Å². The van der Waals surface area contributed by atoms with Gasteiger partial charge in [0.05, 0.1) is 13.0 Å². The van der Waals surface area contributed by atoms with E-state index in [1.165, 1.54) is 19.3 Å². The van der Waals surface area contributed by atoms with Crippen LogP contribution in [0.1, 0.15) is 57.4 Å². The minimum Gasteiger partial charge on any atom is -0.494 e. The molecule has 1 amide bonds. The molecule has 0 unspecified atom stereocenters. The van der Waals surface area contributed by atoms with Crippen LogP contribution in [0.3, 0.4) is 0 Å². The molecule has 1 aliphatic heterocycles. The Morgan fingerprint density at radius 3 is 2.58 bits per heavy atom. The molecule has 0 bridgehead atoms. The van der Waals surface area contributed by atoms with Crippen molar-refractivity contribution >= 4 is 28.8 Å². The molecular weight excluding hydrogens is 501 g/mol. The second-order valence-corrected chi connectivity index (χ2v) is 9.21. The predicted octanol–water partition coefficient (Wildman–Crippen LogP) is 5.20. The zero-order chi connectivity index (χ0) is 22.3. The van der Waals surface area contributed by atoms with Gasteiger partial charge in [-0.15, -0.1) is 0 Å². The van der Waals surface area contributed by atoms with Crippen LogP contribution in [-0.4, -0.2) is 55.0 Å². The maximum absolute atomic E-state index is 12.8. The molecule has 1 aliphatic rings. The molecule has 2 rings (SSSR count). The lowest BCUT2D eigenvalue weighted by Gasteiger charge is -2.30. The smallest absolute Gasteiger partial charge is 0.226 e. The van der Waals surface area contributed by atoms with Crippen molar-refractivity contribution in [3.8, 4) is 5.75 Å². The number of benzene rings is 1. The first-order valence-electron chi connectivity index (χ1n) is 11.9. The van der Waals surface area contributed by atoms with E-state index in [0.717, 1.165) is 82.2 Å². The van der Waals surface area contributed by atoms with E-state index in [9.17, 15) is 4.79 Å². The Kier molecular flexibility index (Phi) is 13.0. The molecule has 6 heteroatoms. The predicted molar refractivity (Wildman–Crippen MR) is 137 cm³/mol. The molecule has 0 spiro atoms. The van der Waals surface area contributed by atoms with Gasteiger partial charge in [0.1, 0.15) is 5.75 Å². The number of rotatable bonds is 15. The van der Waals surface area contributed by atoms with Crippen molar-refractivity contribution in [3.05, 3.63) is 42.6 Å². The van der Waals surface area contributed by atoms with Crippen molar-refractivity contribution in [1.82, 2.24) is 13.3 Å². The average Bonchev–Trinajstić information content (AvgIpc) is 2.80. The molecule has 5 nitrogen and oxygen atoms in total. The van der Waals surface area contributed by atoms with Crippen LogP contribution in [0.5, 0.6) is 5.75 Å². The topological polar surface area (TPSA) is 44.8 Å². The first kappa shape index (κ1) is 26.0. The normalized spacial score (nSPS) is 14.5. The monoisotopic (exact) mass is 541 g/mol. The number of amides is 1. The molecule has 174 valence electrons. The fourth-order valence-corrected chi connectivity index (χ4v) is 4.40. The quantitative estimate of drug-likeness (QED) is 0.188. The van der Waals surface area contributed by atoms with E-state index in [-0.39, 0.29) is 5.91 Å². The third-order valence-corrected chi connectivity index (χ3v) is 6.58. The molecule has 31 heavy (non-hydrogen) atoms. The third-order valence-electron chi connectivity index (χ3n) is 6.05. The molecule has 1 aromatic rings. The van der Waals surface area contributed by atoms with Gasteiger partial charge in [0.2, 0.25) is 5.91 Å². The Labute approximate surface area is 203 Å². The number of unbranched alkanes of at least 4 members (excludes halogenated alkanes) is 1. The molecule has 1 saturated heterocycles. The highest BCUT2D eigenvalue weighted by molar-refractivity contribution is 14.1. The summed E-state index contributed by atoms with van der Waals surface area (Å²) < 4.78 is 9.07. The number of halogens is 1.